The van der Waals surface area contributed by atoms with E-state index in [9.17, 15) is 9.59 Å². The first-order valence-corrected chi connectivity index (χ1v) is 5.88. The summed E-state index contributed by atoms with van der Waals surface area (Å²) in [6, 6.07) is 1.62. The number of amides is 2. The van der Waals surface area contributed by atoms with E-state index < -0.39 is 0 Å². The summed E-state index contributed by atoms with van der Waals surface area (Å²) < 4.78 is 4.90. The zero-order valence-electron chi connectivity index (χ0n) is 11.2. The first-order chi connectivity index (χ1) is 8.40. The van der Waals surface area contributed by atoms with E-state index in [0.29, 0.717) is 24.0 Å². The molecule has 0 radical (unpaired) electrons. The van der Waals surface area contributed by atoms with Crippen LogP contribution in [-0.4, -0.2) is 30.1 Å². The monoisotopic (exact) mass is 253 g/mol. The first-order valence-electron chi connectivity index (χ1n) is 5.88. The molecular formula is C12H19N3O3. The lowest BCUT2D eigenvalue weighted by Crippen LogP contribution is -2.41. The van der Waals surface area contributed by atoms with Crippen LogP contribution in [0.3, 0.4) is 0 Å². The molecule has 1 aromatic rings. The molecule has 0 aliphatic carbocycles. The largest absolute Gasteiger partial charge is 0.360 e. The van der Waals surface area contributed by atoms with Crippen molar-refractivity contribution in [2.24, 2.45) is 5.92 Å². The summed E-state index contributed by atoms with van der Waals surface area (Å²) in [6.45, 7) is 7.66. The average Bonchev–Trinajstić information content (AvgIpc) is 2.69. The van der Waals surface area contributed by atoms with Crippen molar-refractivity contribution in [3.63, 3.8) is 0 Å². The van der Waals surface area contributed by atoms with Crippen LogP contribution in [0.15, 0.2) is 10.6 Å². The van der Waals surface area contributed by atoms with E-state index >= 15 is 0 Å². The van der Waals surface area contributed by atoms with Crippen molar-refractivity contribution in [2.75, 3.05) is 18.0 Å². The highest BCUT2D eigenvalue weighted by Crippen LogP contribution is 2.13. The van der Waals surface area contributed by atoms with Gasteiger partial charge >= 0.3 is 0 Å². The summed E-state index contributed by atoms with van der Waals surface area (Å²) in [4.78, 5) is 24.5. The molecule has 1 N–H and O–H groups in total. The van der Waals surface area contributed by atoms with Gasteiger partial charge in [0.15, 0.2) is 5.82 Å². The molecule has 0 spiro atoms. The Kier molecular flexibility index (Phi) is 4.88. The standard InChI is InChI=1S/C12H19N3O3/c1-8(2)6-13-12(17)7-15(10(4)16)11-5-9(3)18-14-11/h5,8H,6-7H2,1-4H3,(H,13,17). The third-order valence-electron chi connectivity index (χ3n) is 2.28. The zero-order valence-corrected chi connectivity index (χ0v) is 11.2. The van der Waals surface area contributed by atoms with Gasteiger partial charge in [0.2, 0.25) is 11.8 Å². The van der Waals surface area contributed by atoms with Crippen LogP contribution < -0.4 is 10.2 Å². The zero-order chi connectivity index (χ0) is 13.7. The lowest BCUT2D eigenvalue weighted by Gasteiger charge is -2.17. The van der Waals surface area contributed by atoms with E-state index in [-0.39, 0.29) is 18.4 Å². The molecule has 0 unspecified atom stereocenters. The molecule has 18 heavy (non-hydrogen) atoms. The van der Waals surface area contributed by atoms with Crippen LogP contribution in [0.25, 0.3) is 0 Å². The summed E-state index contributed by atoms with van der Waals surface area (Å²) >= 11 is 0. The van der Waals surface area contributed by atoms with E-state index in [4.69, 9.17) is 4.52 Å². The minimum Gasteiger partial charge on any atom is -0.360 e. The number of nitrogens with one attached hydrogen (secondary N) is 1. The van der Waals surface area contributed by atoms with Gasteiger partial charge in [0.1, 0.15) is 12.3 Å². The highest BCUT2D eigenvalue weighted by atomic mass is 16.5. The molecule has 0 aliphatic rings. The quantitative estimate of drug-likeness (QED) is 0.852. The summed E-state index contributed by atoms with van der Waals surface area (Å²) in [5.74, 6) is 0.870. The number of rotatable bonds is 5. The van der Waals surface area contributed by atoms with Crippen LogP contribution in [0.2, 0.25) is 0 Å². The summed E-state index contributed by atoms with van der Waals surface area (Å²) in [5, 5.41) is 6.49. The minimum atomic E-state index is -0.247. The van der Waals surface area contributed by atoms with Crippen molar-refractivity contribution in [1.82, 2.24) is 10.5 Å². The number of nitrogens with zero attached hydrogens (tertiary/aromatic N) is 2. The van der Waals surface area contributed by atoms with Crippen molar-refractivity contribution in [3.05, 3.63) is 11.8 Å². The van der Waals surface area contributed by atoms with Crippen molar-refractivity contribution in [3.8, 4) is 0 Å². The lowest BCUT2D eigenvalue weighted by molar-refractivity contribution is -0.123. The van der Waals surface area contributed by atoms with Gasteiger partial charge in [0, 0.05) is 19.5 Å². The number of hydrogen-bond donors (Lipinski definition) is 1. The van der Waals surface area contributed by atoms with Gasteiger partial charge in [-0.3, -0.25) is 14.5 Å². The maximum absolute atomic E-state index is 11.7. The van der Waals surface area contributed by atoms with Crippen LogP contribution in [0.4, 0.5) is 5.82 Å². The Morgan fingerprint density at radius 2 is 2.17 bits per heavy atom. The number of aryl methyl sites for hydroxylation is 1. The van der Waals surface area contributed by atoms with Gasteiger partial charge in [-0.05, 0) is 12.8 Å². The highest BCUT2D eigenvalue weighted by Gasteiger charge is 2.18. The van der Waals surface area contributed by atoms with Crippen molar-refractivity contribution >= 4 is 17.6 Å². The molecule has 0 bridgehead atoms. The third-order valence-corrected chi connectivity index (χ3v) is 2.28. The Morgan fingerprint density at radius 3 is 2.61 bits per heavy atom. The van der Waals surface area contributed by atoms with Crippen LogP contribution in [-0.2, 0) is 9.59 Å². The van der Waals surface area contributed by atoms with Gasteiger partial charge in [0.05, 0.1) is 0 Å². The third kappa shape index (κ3) is 4.20. The molecule has 1 heterocycles. The number of hydrogen-bond acceptors (Lipinski definition) is 4. The van der Waals surface area contributed by atoms with Gasteiger partial charge in [-0.15, -0.1) is 0 Å². The molecule has 6 nitrogen and oxygen atoms in total. The smallest absolute Gasteiger partial charge is 0.240 e. The van der Waals surface area contributed by atoms with E-state index in [1.54, 1.807) is 13.0 Å². The maximum atomic E-state index is 11.7. The highest BCUT2D eigenvalue weighted by molar-refractivity contribution is 5.96. The second-order valence-corrected chi connectivity index (χ2v) is 4.60. The number of aromatic nitrogens is 1. The molecule has 6 heteroatoms. The Hall–Kier alpha value is -1.85. The van der Waals surface area contributed by atoms with Crippen LogP contribution in [0, 0.1) is 12.8 Å². The SMILES string of the molecule is CC(=O)N(CC(=O)NCC(C)C)c1cc(C)on1. The fraction of sp³-hybridized carbons (Fsp3) is 0.583. The maximum Gasteiger partial charge on any atom is 0.240 e. The van der Waals surface area contributed by atoms with Crippen LogP contribution in [0.5, 0.6) is 0 Å². The topological polar surface area (TPSA) is 75.4 Å². The second kappa shape index (κ2) is 6.18. The van der Waals surface area contributed by atoms with Gasteiger partial charge in [-0.25, -0.2) is 0 Å². The van der Waals surface area contributed by atoms with Crippen LogP contribution >= 0.6 is 0 Å². The molecule has 1 aromatic heterocycles. The van der Waals surface area contributed by atoms with Gasteiger partial charge in [0.25, 0.3) is 0 Å². The Balaban J connectivity index is 2.64. The van der Waals surface area contributed by atoms with Crippen molar-refractivity contribution in [2.45, 2.75) is 27.7 Å². The number of anilines is 1. The predicted molar refractivity (Wildman–Crippen MR) is 67.1 cm³/mol. The molecule has 0 fully saturated rings. The van der Waals surface area contributed by atoms with Gasteiger partial charge < -0.3 is 9.84 Å². The van der Waals surface area contributed by atoms with Gasteiger partial charge in [-0.2, -0.15) is 0 Å². The molecule has 2 amide bonds. The molecule has 0 saturated carbocycles. The normalized spacial score (nSPS) is 10.5. The molecule has 100 valence electrons. The first kappa shape index (κ1) is 14.2. The molecule has 0 aromatic carbocycles. The molecule has 0 aliphatic heterocycles. The van der Waals surface area contributed by atoms with Gasteiger partial charge in [-0.1, -0.05) is 19.0 Å². The molecule has 0 atom stereocenters. The van der Waals surface area contributed by atoms with E-state index in [1.807, 2.05) is 13.8 Å². The lowest BCUT2D eigenvalue weighted by atomic mass is 10.2. The summed E-state index contributed by atoms with van der Waals surface area (Å²) in [6.07, 6.45) is 0. The number of carbonyl (C=O) groups excluding carboxylic acids is 2. The minimum absolute atomic E-state index is 0.0476. The Morgan fingerprint density at radius 1 is 1.50 bits per heavy atom. The second-order valence-electron chi connectivity index (χ2n) is 4.60. The fourth-order valence-electron chi connectivity index (χ4n) is 1.35. The molecule has 1 rings (SSSR count). The summed E-state index contributed by atoms with van der Waals surface area (Å²) in [5.41, 5.74) is 0. The molecular weight excluding hydrogens is 234 g/mol. The number of carbonyl (C=O) groups is 2. The Bertz CT molecular complexity index is 426. The summed E-state index contributed by atoms with van der Waals surface area (Å²) in [7, 11) is 0. The average molecular weight is 253 g/mol. The van der Waals surface area contributed by atoms with Crippen molar-refractivity contribution in [1.29, 1.82) is 0 Å². The fourth-order valence-corrected chi connectivity index (χ4v) is 1.35. The Labute approximate surface area is 106 Å². The van der Waals surface area contributed by atoms with E-state index in [1.165, 1.54) is 11.8 Å². The molecule has 0 saturated heterocycles. The predicted octanol–water partition coefficient (Wildman–Crippen LogP) is 1.11. The van der Waals surface area contributed by atoms with Crippen molar-refractivity contribution < 1.29 is 14.1 Å². The van der Waals surface area contributed by atoms with E-state index in [2.05, 4.69) is 10.5 Å². The van der Waals surface area contributed by atoms with E-state index in [0.717, 1.165) is 0 Å². The van der Waals surface area contributed by atoms with Crippen LogP contribution in [0.1, 0.15) is 26.5 Å².